The molecule has 258 valence electrons. The summed E-state index contributed by atoms with van der Waals surface area (Å²) in [6.45, 7) is 20.1. The molecular weight excluding hydrogens is 568 g/mol. The Labute approximate surface area is 265 Å². The van der Waals surface area contributed by atoms with E-state index in [2.05, 4.69) is 25.7 Å². The zero-order valence-corrected chi connectivity index (χ0v) is 29.4. The fourth-order valence-electron chi connectivity index (χ4n) is 6.95. The predicted octanol–water partition coefficient (Wildman–Crippen LogP) is 2.35. The van der Waals surface area contributed by atoms with Crippen LogP contribution in [0.4, 0.5) is 0 Å². The second-order valence-corrected chi connectivity index (χ2v) is 15.2. The minimum Gasteiger partial charge on any atom is -0.459 e. The van der Waals surface area contributed by atoms with E-state index in [9.17, 15) is 30.0 Å². The molecular formula is C33H62N2O9. The van der Waals surface area contributed by atoms with Crippen molar-refractivity contribution in [3.05, 3.63) is 0 Å². The normalized spacial score (nSPS) is 44.6. The van der Waals surface area contributed by atoms with E-state index < -0.39 is 71.5 Å². The molecule has 0 aromatic heterocycles. The van der Waals surface area contributed by atoms with Crippen molar-refractivity contribution in [3.63, 3.8) is 0 Å². The smallest absolute Gasteiger partial charge is 0.316 e. The molecule has 11 nitrogen and oxygen atoms in total. The van der Waals surface area contributed by atoms with Gasteiger partial charge in [-0.2, -0.15) is 0 Å². The van der Waals surface area contributed by atoms with Crippen molar-refractivity contribution in [2.24, 2.45) is 17.8 Å². The Morgan fingerprint density at radius 2 is 1.64 bits per heavy atom. The molecule has 44 heavy (non-hydrogen) atoms. The number of aliphatic hydroxyl groups excluding tert-OH is 2. The van der Waals surface area contributed by atoms with Crippen molar-refractivity contribution in [3.8, 4) is 0 Å². The number of ether oxygens (including phenoxy) is 3. The largest absolute Gasteiger partial charge is 0.459 e. The van der Waals surface area contributed by atoms with Gasteiger partial charge in [-0.3, -0.25) is 14.5 Å². The number of hydrogen-bond donors (Lipinski definition) is 4. The van der Waals surface area contributed by atoms with Crippen molar-refractivity contribution < 1.29 is 44.2 Å². The van der Waals surface area contributed by atoms with E-state index in [1.807, 2.05) is 32.8 Å². The Morgan fingerprint density at radius 3 is 2.16 bits per heavy atom. The molecule has 0 aliphatic carbocycles. The summed E-state index contributed by atoms with van der Waals surface area (Å²) in [7, 11) is 3.77. The van der Waals surface area contributed by atoms with Gasteiger partial charge in [-0.05, 0) is 94.7 Å². The van der Waals surface area contributed by atoms with Gasteiger partial charge < -0.3 is 39.5 Å². The van der Waals surface area contributed by atoms with Crippen LogP contribution in [-0.2, 0) is 23.8 Å². The van der Waals surface area contributed by atoms with Gasteiger partial charge in [0, 0.05) is 30.1 Å². The van der Waals surface area contributed by atoms with Crippen LogP contribution in [0.25, 0.3) is 0 Å². The van der Waals surface area contributed by atoms with Crippen molar-refractivity contribution in [1.82, 2.24) is 9.80 Å². The molecule has 4 N–H and O–H groups in total. The summed E-state index contributed by atoms with van der Waals surface area (Å²) >= 11 is 0. The molecule has 2 aliphatic heterocycles. The van der Waals surface area contributed by atoms with Gasteiger partial charge in [-0.1, -0.05) is 20.8 Å². The second-order valence-electron chi connectivity index (χ2n) is 15.2. The summed E-state index contributed by atoms with van der Waals surface area (Å²) in [5, 5.41) is 46.1. The lowest BCUT2D eigenvalue weighted by Crippen LogP contribution is -2.61. The van der Waals surface area contributed by atoms with Crippen LogP contribution in [-0.4, -0.2) is 128 Å². The summed E-state index contributed by atoms with van der Waals surface area (Å²) in [6, 6.07) is -0.820. The number of Topliss-reactive ketones (excluding diaryl/α,β-unsaturated/α-hetero) is 1. The lowest BCUT2D eigenvalue weighted by molar-refractivity contribution is -0.296. The number of carbonyl (C=O) groups excluding carboxylic acids is 2. The highest BCUT2D eigenvalue weighted by atomic mass is 16.7. The van der Waals surface area contributed by atoms with E-state index in [1.54, 1.807) is 27.7 Å². The van der Waals surface area contributed by atoms with E-state index >= 15 is 0 Å². The highest BCUT2D eigenvalue weighted by Crippen LogP contribution is 2.36. The van der Waals surface area contributed by atoms with Crippen LogP contribution in [0.2, 0.25) is 0 Å². The van der Waals surface area contributed by atoms with Crippen LogP contribution >= 0.6 is 0 Å². The summed E-state index contributed by atoms with van der Waals surface area (Å²) in [6.07, 6.45) is -4.92. The zero-order chi connectivity index (χ0) is 34.1. The first-order valence-corrected chi connectivity index (χ1v) is 16.3. The maximum atomic E-state index is 13.9. The van der Waals surface area contributed by atoms with Crippen molar-refractivity contribution in [2.75, 3.05) is 20.6 Å². The molecule has 2 fully saturated rings. The molecule has 0 spiro atoms. The number of rotatable bonds is 4. The van der Waals surface area contributed by atoms with E-state index in [0.717, 1.165) is 0 Å². The third-order valence-electron chi connectivity index (χ3n) is 10.1. The molecule has 2 rings (SSSR count). The number of carbonyl (C=O) groups is 2. The summed E-state index contributed by atoms with van der Waals surface area (Å²) in [5.74, 6) is -3.71. The van der Waals surface area contributed by atoms with E-state index in [0.29, 0.717) is 13.0 Å². The molecule has 0 unspecified atom stereocenters. The highest BCUT2D eigenvalue weighted by Gasteiger charge is 2.50. The Morgan fingerprint density at radius 1 is 1.07 bits per heavy atom. The lowest BCUT2D eigenvalue weighted by Gasteiger charge is -2.48. The van der Waals surface area contributed by atoms with E-state index in [-0.39, 0.29) is 36.4 Å². The lowest BCUT2D eigenvalue weighted by atomic mass is 9.78. The number of nitrogens with zero attached hydrogens (tertiary/aromatic N) is 2. The number of cyclic esters (lactones) is 1. The molecule has 2 heterocycles. The Hall–Kier alpha value is -1.18. The Bertz CT molecular complexity index is 967. The minimum atomic E-state index is -1.78. The van der Waals surface area contributed by atoms with Crippen LogP contribution in [0.3, 0.4) is 0 Å². The molecule has 0 saturated carbocycles. The number of hydrogen-bond acceptors (Lipinski definition) is 11. The topological polar surface area (TPSA) is 149 Å². The quantitative estimate of drug-likeness (QED) is 0.268. The third-order valence-corrected chi connectivity index (χ3v) is 10.1. The van der Waals surface area contributed by atoms with Gasteiger partial charge >= 0.3 is 5.97 Å². The van der Waals surface area contributed by atoms with Crippen LogP contribution in [0.5, 0.6) is 0 Å². The number of ketones is 1. The first kappa shape index (κ1) is 39.0. The van der Waals surface area contributed by atoms with Crippen molar-refractivity contribution in [2.45, 2.75) is 161 Å². The fraction of sp³-hybridized carbons (Fsp3) is 0.939. The SMILES string of the molecule is CC[C@H]1OC(=O)[C@H](C)C(=O)[C@H](C)[C@@H](O[C@@H]2O[C@H](C)C[C@H](N(C)C(C)(C)C)[C@H]2O)[C@](C)(O)C[C@@H](C)CN(C)[C@H](C)[C@@H](O)[C@]1(C)O. The monoisotopic (exact) mass is 630 g/mol. The summed E-state index contributed by atoms with van der Waals surface area (Å²) < 4.78 is 18.2. The van der Waals surface area contributed by atoms with Crippen molar-refractivity contribution >= 4 is 11.8 Å². The zero-order valence-electron chi connectivity index (χ0n) is 29.4. The molecule has 0 aromatic carbocycles. The summed E-state index contributed by atoms with van der Waals surface area (Å²) in [4.78, 5) is 31.2. The molecule has 0 aromatic rings. The average molecular weight is 631 g/mol. The second kappa shape index (κ2) is 14.7. The first-order valence-electron chi connectivity index (χ1n) is 16.3. The van der Waals surface area contributed by atoms with Crippen LogP contribution in [0.15, 0.2) is 0 Å². The molecule has 11 heteroatoms. The highest BCUT2D eigenvalue weighted by molar-refractivity contribution is 6.00. The molecule has 0 radical (unpaired) electrons. The molecule has 2 aliphatic rings. The van der Waals surface area contributed by atoms with E-state index in [1.165, 1.54) is 13.8 Å². The van der Waals surface area contributed by atoms with Gasteiger partial charge in [0.1, 0.15) is 29.8 Å². The molecule has 13 atom stereocenters. The molecule has 0 amide bonds. The third kappa shape index (κ3) is 8.79. The summed E-state index contributed by atoms with van der Waals surface area (Å²) in [5.41, 5.74) is -3.60. The van der Waals surface area contributed by atoms with Gasteiger partial charge in [-0.25, -0.2) is 0 Å². The van der Waals surface area contributed by atoms with Gasteiger partial charge in [0.2, 0.25) is 0 Å². The number of aliphatic hydroxyl groups is 4. The number of esters is 1. The van der Waals surface area contributed by atoms with Crippen LogP contribution < -0.4 is 0 Å². The predicted molar refractivity (Wildman–Crippen MR) is 168 cm³/mol. The van der Waals surface area contributed by atoms with Gasteiger partial charge in [0.25, 0.3) is 0 Å². The van der Waals surface area contributed by atoms with Crippen LogP contribution in [0, 0.1) is 17.8 Å². The molecule has 2 saturated heterocycles. The van der Waals surface area contributed by atoms with Gasteiger partial charge in [-0.15, -0.1) is 0 Å². The van der Waals surface area contributed by atoms with E-state index in [4.69, 9.17) is 14.2 Å². The maximum absolute atomic E-state index is 13.9. The first-order chi connectivity index (χ1) is 20.0. The minimum absolute atomic E-state index is 0.138. The maximum Gasteiger partial charge on any atom is 0.316 e. The fourth-order valence-corrected chi connectivity index (χ4v) is 6.95. The standard InChI is InChI=1S/C33H62N2O9/c1-14-24-33(11,41)27(38)22(6)34(12)17-18(2)16-32(10,40)28(20(4)25(36)21(5)29(39)43-24)44-30-26(37)23(15-19(3)42-30)35(13)31(7,8)9/h18-24,26-28,30,37-38,40-41H,14-17H2,1-13H3/t18-,19-,20+,21-,22-,23+,24-,26-,27-,28-,30+,32-,33-/m1/s1. The Balaban J connectivity index is 2.55. The molecule has 0 bridgehead atoms. The van der Waals surface area contributed by atoms with Crippen LogP contribution in [0.1, 0.15) is 95.4 Å². The Kier molecular flexibility index (Phi) is 13.0. The van der Waals surface area contributed by atoms with Crippen molar-refractivity contribution in [1.29, 1.82) is 0 Å². The average Bonchev–Trinajstić information content (AvgIpc) is 2.91. The van der Waals surface area contributed by atoms with Gasteiger partial charge in [0.05, 0.1) is 17.8 Å². The number of likely N-dealkylation sites (N-methyl/N-ethyl adjacent to an activating group) is 2. The van der Waals surface area contributed by atoms with Gasteiger partial charge in [0.15, 0.2) is 12.1 Å².